The zero-order valence-corrected chi connectivity index (χ0v) is 17.4. The van der Waals surface area contributed by atoms with Crippen molar-refractivity contribution >= 4 is 35.1 Å². The van der Waals surface area contributed by atoms with Gasteiger partial charge in [-0.15, -0.1) is 20.4 Å². The second-order valence-corrected chi connectivity index (χ2v) is 8.09. The first-order valence-electron chi connectivity index (χ1n) is 8.33. The Labute approximate surface area is 169 Å². The van der Waals surface area contributed by atoms with E-state index >= 15 is 0 Å². The molecule has 0 N–H and O–H groups in total. The summed E-state index contributed by atoms with van der Waals surface area (Å²) >= 11 is 2.35. The average Bonchev–Trinajstić information content (AvgIpc) is 3.23. The molecule has 11 heteroatoms. The van der Waals surface area contributed by atoms with Crippen molar-refractivity contribution in [2.24, 2.45) is 0 Å². The predicted octanol–water partition coefficient (Wildman–Crippen LogP) is 2.59. The number of aromatic nitrogens is 6. The Kier molecular flexibility index (Phi) is 6.25. The van der Waals surface area contributed by atoms with Gasteiger partial charge in [-0.1, -0.05) is 11.8 Å². The number of rotatable bonds is 8. The highest BCUT2D eigenvalue weighted by Crippen LogP contribution is 2.26. The van der Waals surface area contributed by atoms with Gasteiger partial charge in [0.25, 0.3) is 5.22 Å². The van der Waals surface area contributed by atoms with Crippen LogP contribution >= 0.6 is 23.5 Å². The molecule has 0 aliphatic carbocycles. The van der Waals surface area contributed by atoms with Crippen molar-refractivity contribution in [3.8, 4) is 5.82 Å². The van der Waals surface area contributed by atoms with E-state index in [2.05, 4.69) is 25.5 Å². The largest absolute Gasteiger partial charge is 0.415 e. The minimum atomic E-state index is -0.825. The molecular weight excluding hydrogens is 400 g/mol. The summed E-state index contributed by atoms with van der Waals surface area (Å²) in [5.74, 6) is 0.926. The lowest BCUT2D eigenvalue weighted by Gasteiger charge is -2.05. The molecule has 0 atom stereocenters. The summed E-state index contributed by atoms with van der Waals surface area (Å²) in [6.45, 7) is 6.60. The Balaban J connectivity index is 1.60. The number of carbonyl (C=O) groups excluding carboxylic acids is 2. The van der Waals surface area contributed by atoms with Gasteiger partial charge in [-0.2, -0.15) is 5.10 Å². The van der Waals surface area contributed by atoms with Crippen molar-refractivity contribution in [1.82, 2.24) is 30.2 Å². The third-order valence-electron chi connectivity index (χ3n) is 3.60. The Morgan fingerprint density at radius 2 is 1.86 bits per heavy atom. The molecular formula is C17H18N6O3S2. The molecule has 0 bridgehead atoms. The van der Waals surface area contributed by atoms with E-state index in [9.17, 15) is 9.59 Å². The van der Waals surface area contributed by atoms with Gasteiger partial charge in [0, 0.05) is 5.69 Å². The van der Waals surface area contributed by atoms with Crippen LogP contribution in [-0.2, 0) is 15.3 Å². The fourth-order valence-corrected chi connectivity index (χ4v) is 3.81. The maximum absolute atomic E-state index is 11.5. The topological polar surface area (TPSA) is 117 Å². The highest BCUT2D eigenvalue weighted by atomic mass is 32.2. The van der Waals surface area contributed by atoms with Crippen molar-refractivity contribution in [1.29, 1.82) is 0 Å². The van der Waals surface area contributed by atoms with E-state index in [-0.39, 0.29) is 16.8 Å². The van der Waals surface area contributed by atoms with Gasteiger partial charge in [0.1, 0.15) is 10.3 Å². The molecule has 3 heterocycles. The van der Waals surface area contributed by atoms with E-state index < -0.39 is 5.25 Å². The normalized spacial score (nSPS) is 11.2. The molecule has 0 radical (unpaired) electrons. The predicted molar refractivity (Wildman–Crippen MR) is 103 cm³/mol. The van der Waals surface area contributed by atoms with Crippen molar-refractivity contribution in [3.05, 3.63) is 35.5 Å². The third-order valence-corrected chi connectivity index (χ3v) is 5.77. The van der Waals surface area contributed by atoms with Crippen LogP contribution in [-0.4, -0.2) is 47.0 Å². The first-order chi connectivity index (χ1) is 13.3. The van der Waals surface area contributed by atoms with Crippen LogP contribution in [0.2, 0.25) is 0 Å². The molecule has 3 rings (SSSR count). The molecule has 3 aromatic heterocycles. The minimum Gasteiger partial charge on any atom is -0.415 e. The van der Waals surface area contributed by atoms with Gasteiger partial charge >= 0.3 is 0 Å². The molecule has 0 unspecified atom stereocenters. The Morgan fingerprint density at radius 1 is 1.11 bits per heavy atom. The first kappa shape index (κ1) is 20.2. The van der Waals surface area contributed by atoms with Crippen molar-refractivity contribution in [3.63, 3.8) is 0 Å². The van der Waals surface area contributed by atoms with Crippen molar-refractivity contribution in [2.45, 2.75) is 48.9 Å². The zero-order chi connectivity index (χ0) is 20.3. The van der Waals surface area contributed by atoms with Gasteiger partial charge in [-0.3, -0.25) is 9.59 Å². The number of ketones is 2. The first-order valence-corrected chi connectivity index (χ1v) is 10.2. The lowest BCUT2D eigenvalue weighted by molar-refractivity contribution is -0.123. The maximum atomic E-state index is 11.5. The van der Waals surface area contributed by atoms with Gasteiger partial charge in [-0.25, -0.2) is 4.68 Å². The summed E-state index contributed by atoms with van der Waals surface area (Å²) in [6.07, 6.45) is 0. The van der Waals surface area contributed by atoms with Gasteiger partial charge in [0.15, 0.2) is 17.4 Å². The van der Waals surface area contributed by atoms with E-state index in [1.807, 2.05) is 32.0 Å². The Morgan fingerprint density at radius 3 is 2.43 bits per heavy atom. The van der Waals surface area contributed by atoms with Crippen LogP contribution in [0.1, 0.15) is 31.1 Å². The van der Waals surface area contributed by atoms with Crippen LogP contribution in [0.3, 0.4) is 0 Å². The molecule has 0 fully saturated rings. The number of carbonyl (C=O) groups is 2. The van der Waals surface area contributed by atoms with Crippen LogP contribution in [0.4, 0.5) is 0 Å². The number of thioether (sulfide) groups is 2. The number of nitrogens with zero attached hydrogens (tertiary/aromatic N) is 6. The highest BCUT2D eigenvalue weighted by Gasteiger charge is 2.24. The van der Waals surface area contributed by atoms with Crippen molar-refractivity contribution < 1.29 is 14.0 Å². The van der Waals surface area contributed by atoms with Crippen LogP contribution in [0, 0.1) is 13.8 Å². The van der Waals surface area contributed by atoms with Gasteiger partial charge in [0.2, 0.25) is 5.89 Å². The SMILES string of the molecule is CC(=O)C(Sc1nnc(CSc2ccc(-n3nc(C)cc3C)nn2)o1)C(C)=O. The van der Waals surface area contributed by atoms with Gasteiger partial charge in [-0.05, 0) is 57.7 Å². The van der Waals surface area contributed by atoms with E-state index in [0.29, 0.717) is 22.5 Å². The molecule has 0 aliphatic rings. The quantitative estimate of drug-likeness (QED) is 0.399. The highest BCUT2D eigenvalue weighted by molar-refractivity contribution is 8.01. The molecule has 146 valence electrons. The number of hydrogen-bond acceptors (Lipinski definition) is 10. The molecule has 0 aromatic carbocycles. The number of Topliss-reactive ketones (excluding diaryl/α,β-unsaturated/α-hetero) is 2. The summed E-state index contributed by atoms with van der Waals surface area (Å²) in [6, 6.07) is 5.66. The second kappa shape index (κ2) is 8.65. The van der Waals surface area contributed by atoms with E-state index in [1.165, 1.54) is 25.6 Å². The zero-order valence-electron chi connectivity index (χ0n) is 15.7. The maximum Gasteiger partial charge on any atom is 0.277 e. The van der Waals surface area contributed by atoms with Crippen LogP contribution in [0.15, 0.2) is 32.9 Å². The molecule has 0 saturated carbocycles. The summed E-state index contributed by atoms with van der Waals surface area (Å²) in [4.78, 5) is 23.0. The molecule has 0 spiro atoms. The monoisotopic (exact) mass is 418 g/mol. The van der Waals surface area contributed by atoms with Gasteiger partial charge in [0.05, 0.1) is 11.4 Å². The van der Waals surface area contributed by atoms with Crippen LogP contribution < -0.4 is 0 Å². The smallest absolute Gasteiger partial charge is 0.277 e. The number of hydrogen-bond donors (Lipinski definition) is 0. The standard InChI is InChI=1S/C17H18N6O3S2/c1-9-7-10(2)23(22-9)13-5-6-15(20-18-13)27-8-14-19-21-17(26-14)28-16(11(3)24)12(4)25/h5-7,16H,8H2,1-4H3. The lowest BCUT2D eigenvalue weighted by atomic mass is 10.2. The minimum absolute atomic E-state index is 0.192. The molecule has 0 aliphatic heterocycles. The second-order valence-electron chi connectivity index (χ2n) is 6.04. The molecule has 3 aromatic rings. The van der Waals surface area contributed by atoms with Crippen molar-refractivity contribution in [2.75, 3.05) is 0 Å². The lowest BCUT2D eigenvalue weighted by Crippen LogP contribution is -2.22. The summed E-state index contributed by atoms with van der Waals surface area (Å²) in [7, 11) is 0. The van der Waals surface area contributed by atoms with Crippen LogP contribution in [0.25, 0.3) is 5.82 Å². The fraction of sp³-hybridized carbons (Fsp3) is 0.353. The number of aryl methyl sites for hydroxylation is 2. The fourth-order valence-electron chi connectivity index (χ4n) is 2.40. The Hall–Kier alpha value is -2.53. The van der Waals surface area contributed by atoms with Gasteiger partial charge < -0.3 is 4.42 Å². The summed E-state index contributed by atoms with van der Waals surface area (Å²) in [5, 5.41) is 20.7. The Bertz CT molecular complexity index is 985. The summed E-state index contributed by atoms with van der Waals surface area (Å²) in [5.41, 5.74) is 1.90. The molecule has 9 nitrogen and oxygen atoms in total. The average molecular weight is 419 g/mol. The third kappa shape index (κ3) is 4.84. The molecule has 0 amide bonds. The van der Waals surface area contributed by atoms with Crippen LogP contribution in [0.5, 0.6) is 0 Å². The summed E-state index contributed by atoms with van der Waals surface area (Å²) < 4.78 is 7.24. The van der Waals surface area contributed by atoms with E-state index in [4.69, 9.17) is 4.42 Å². The van der Waals surface area contributed by atoms with E-state index in [0.717, 1.165) is 23.1 Å². The van der Waals surface area contributed by atoms with E-state index in [1.54, 1.807) is 4.68 Å². The molecule has 0 saturated heterocycles. The molecule has 28 heavy (non-hydrogen) atoms.